The molecule has 0 saturated heterocycles. The Morgan fingerprint density at radius 2 is 2.26 bits per heavy atom. The van der Waals surface area contributed by atoms with Crippen molar-refractivity contribution in [1.29, 1.82) is 0 Å². The molecule has 8 heteroatoms. The van der Waals surface area contributed by atoms with Gasteiger partial charge in [0, 0.05) is 17.8 Å². The van der Waals surface area contributed by atoms with Crippen molar-refractivity contribution in [2.45, 2.75) is 25.9 Å². The lowest BCUT2D eigenvalue weighted by Gasteiger charge is -2.21. The molecule has 1 amide bonds. The topological polar surface area (TPSA) is 95.2 Å². The molecule has 7 nitrogen and oxygen atoms in total. The van der Waals surface area contributed by atoms with Crippen LogP contribution in [0.15, 0.2) is 30.7 Å². The average molecular weight is 334 g/mol. The lowest BCUT2D eigenvalue weighted by atomic mass is 10.1. The fraction of sp³-hybridized carbons (Fsp3) is 0.333. The van der Waals surface area contributed by atoms with E-state index >= 15 is 0 Å². The number of imidazole rings is 1. The number of fused-ring (bicyclic) bond motifs is 1. The first-order valence-electron chi connectivity index (χ1n) is 7.24. The fourth-order valence-electron chi connectivity index (χ4n) is 2.91. The van der Waals surface area contributed by atoms with Gasteiger partial charge in [0.1, 0.15) is 0 Å². The summed E-state index contributed by atoms with van der Waals surface area (Å²) < 4.78 is 25.2. The number of sulfonamides is 1. The number of nitrogens with one attached hydrogen (secondary N) is 2. The van der Waals surface area contributed by atoms with E-state index in [-0.39, 0.29) is 11.9 Å². The number of nitrogens with zero attached hydrogens (tertiary/aromatic N) is 2. The highest BCUT2D eigenvalue weighted by Crippen LogP contribution is 2.34. The zero-order valence-corrected chi connectivity index (χ0v) is 13.7. The van der Waals surface area contributed by atoms with Gasteiger partial charge in [-0.25, -0.2) is 13.4 Å². The number of H-pyrrole nitrogens is 1. The predicted octanol–water partition coefficient (Wildman–Crippen LogP) is 1.05. The van der Waals surface area contributed by atoms with Gasteiger partial charge in [-0.15, -0.1) is 0 Å². The van der Waals surface area contributed by atoms with E-state index in [2.05, 4.69) is 15.3 Å². The zero-order chi connectivity index (χ0) is 16.6. The molecule has 0 bridgehead atoms. The Kier molecular flexibility index (Phi) is 3.85. The van der Waals surface area contributed by atoms with Gasteiger partial charge in [-0.1, -0.05) is 0 Å². The third kappa shape index (κ3) is 3.07. The third-order valence-electron chi connectivity index (χ3n) is 3.85. The Labute approximate surface area is 134 Å². The minimum Gasteiger partial charge on any atom is -0.347 e. The number of aromatic nitrogens is 2. The molecule has 1 aliphatic rings. The maximum atomic E-state index is 12.2. The van der Waals surface area contributed by atoms with Crippen molar-refractivity contribution in [3.63, 3.8) is 0 Å². The van der Waals surface area contributed by atoms with Crippen LogP contribution in [0.3, 0.4) is 0 Å². The Bertz CT molecular complexity index is 830. The number of hydrogen-bond acceptors (Lipinski definition) is 4. The van der Waals surface area contributed by atoms with Gasteiger partial charge < -0.3 is 10.3 Å². The average Bonchev–Trinajstić information content (AvgIpc) is 3.09. The Morgan fingerprint density at radius 1 is 1.48 bits per heavy atom. The van der Waals surface area contributed by atoms with Gasteiger partial charge in [0.2, 0.25) is 10.0 Å². The van der Waals surface area contributed by atoms with Gasteiger partial charge in [-0.3, -0.25) is 9.10 Å². The van der Waals surface area contributed by atoms with Crippen molar-refractivity contribution in [2.75, 3.05) is 10.6 Å². The SMILES string of the molecule is CC1Cc2cc(C(=O)NCc3cnc[nH]3)ccc2N1S(C)(=O)=O. The van der Waals surface area contributed by atoms with E-state index in [1.165, 1.54) is 10.6 Å². The number of aromatic amines is 1. The van der Waals surface area contributed by atoms with Gasteiger partial charge in [0.15, 0.2) is 0 Å². The minimum absolute atomic E-state index is 0.136. The molecule has 2 aromatic rings. The second kappa shape index (κ2) is 5.69. The van der Waals surface area contributed by atoms with Gasteiger partial charge in [0.25, 0.3) is 5.91 Å². The predicted molar refractivity (Wildman–Crippen MR) is 86.7 cm³/mol. The third-order valence-corrected chi connectivity index (χ3v) is 5.12. The van der Waals surface area contributed by atoms with Crippen LogP contribution in [0.2, 0.25) is 0 Å². The van der Waals surface area contributed by atoms with Crippen molar-refractivity contribution in [3.05, 3.63) is 47.5 Å². The Hall–Kier alpha value is -2.35. The molecule has 122 valence electrons. The smallest absolute Gasteiger partial charge is 0.251 e. The van der Waals surface area contributed by atoms with Crippen molar-refractivity contribution >= 4 is 21.6 Å². The van der Waals surface area contributed by atoms with Gasteiger partial charge in [0.05, 0.1) is 30.5 Å². The fourth-order valence-corrected chi connectivity index (χ4v) is 4.17. The monoisotopic (exact) mass is 334 g/mol. The van der Waals surface area contributed by atoms with Crippen LogP contribution in [0, 0.1) is 0 Å². The highest BCUT2D eigenvalue weighted by Gasteiger charge is 2.32. The van der Waals surface area contributed by atoms with Gasteiger partial charge >= 0.3 is 0 Å². The Balaban J connectivity index is 1.79. The van der Waals surface area contributed by atoms with Crippen molar-refractivity contribution in [2.24, 2.45) is 0 Å². The molecule has 3 rings (SSSR count). The normalized spacial score (nSPS) is 17.1. The van der Waals surface area contributed by atoms with Crippen LogP contribution in [-0.4, -0.2) is 36.6 Å². The first-order chi connectivity index (χ1) is 10.9. The van der Waals surface area contributed by atoms with E-state index < -0.39 is 10.0 Å². The van der Waals surface area contributed by atoms with E-state index in [4.69, 9.17) is 0 Å². The lowest BCUT2D eigenvalue weighted by molar-refractivity contribution is 0.0950. The molecule has 1 aromatic carbocycles. The van der Waals surface area contributed by atoms with Crippen LogP contribution >= 0.6 is 0 Å². The highest BCUT2D eigenvalue weighted by molar-refractivity contribution is 7.92. The molecule has 2 heterocycles. The summed E-state index contributed by atoms with van der Waals surface area (Å²) in [7, 11) is -3.32. The molecular weight excluding hydrogens is 316 g/mol. The van der Waals surface area contributed by atoms with E-state index in [9.17, 15) is 13.2 Å². The standard InChI is InChI=1S/C15H18N4O3S/c1-10-5-12-6-11(3-4-14(12)19(10)23(2,21)22)15(20)17-8-13-7-16-9-18-13/h3-4,6-7,9-10H,5,8H2,1-2H3,(H,16,18)(H,17,20). The summed E-state index contributed by atoms with van der Waals surface area (Å²) >= 11 is 0. The first-order valence-corrected chi connectivity index (χ1v) is 9.09. The van der Waals surface area contributed by atoms with E-state index in [1.807, 2.05) is 6.92 Å². The quantitative estimate of drug-likeness (QED) is 0.874. The molecule has 0 radical (unpaired) electrons. The summed E-state index contributed by atoms with van der Waals surface area (Å²) in [6, 6.07) is 4.98. The molecule has 0 fully saturated rings. The maximum absolute atomic E-state index is 12.2. The van der Waals surface area contributed by atoms with Crippen molar-refractivity contribution in [1.82, 2.24) is 15.3 Å². The maximum Gasteiger partial charge on any atom is 0.251 e. The minimum atomic E-state index is -3.32. The molecule has 2 N–H and O–H groups in total. The largest absolute Gasteiger partial charge is 0.347 e. The van der Waals surface area contributed by atoms with Crippen LogP contribution in [0.25, 0.3) is 0 Å². The van der Waals surface area contributed by atoms with Crippen LogP contribution in [0.5, 0.6) is 0 Å². The number of anilines is 1. The summed E-state index contributed by atoms with van der Waals surface area (Å²) in [4.78, 5) is 19.0. The molecule has 1 aromatic heterocycles. The van der Waals surface area contributed by atoms with Crippen LogP contribution in [-0.2, 0) is 23.0 Å². The van der Waals surface area contributed by atoms with E-state index in [0.29, 0.717) is 24.2 Å². The lowest BCUT2D eigenvalue weighted by Crippen LogP contribution is -2.34. The second-order valence-corrected chi connectivity index (χ2v) is 7.57. The van der Waals surface area contributed by atoms with Gasteiger partial charge in [-0.2, -0.15) is 0 Å². The van der Waals surface area contributed by atoms with Crippen LogP contribution in [0.4, 0.5) is 5.69 Å². The number of rotatable bonds is 4. The van der Waals surface area contributed by atoms with E-state index in [0.717, 1.165) is 11.3 Å². The number of benzene rings is 1. The molecule has 0 spiro atoms. The zero-order valence-electron chi connectivity index (χ0n) is 12.9. The summed E-state index contributed by atoms with van der Waals surface area (Å²) in [6.45, 7) is 2.22. The molecule has 0 saturated carbocycles. The number of hydrogen-bond donors (Lipinski definition) is 2. The van der Waals surface area contributed by atoms with Crippen molar-refractivity contribution < 1.29 is 13.2 Å². The molecule has 1 aliphatic heterocycles. The molecular formula is C15H18N4O3S. The molecule has 1 unspecified atom stereocenters. The Morgan fingerprint density at radius 3 is 2.91 bits per heavy atom. The van der Waals surface area contributed by atoms with Crippen molar-refractivity contribution in [3.8, 4) is 0 Å². The molecule has 0 aliphatic carbocycles. The highest BCUT2D eigenvalue weighted by atomic mass is 32.2. The summed E-state index contributed by atoms with van der Waals surface area (Å²) in [5.74, 6) is -0.201. The van der Waals surface area contributed by atoms with E-state index in [1.54, 1.807) is 30.7 Å². The number of amides is 1. The molecule has 23 heavy (non-hydrogen) atoms. The summed E-state index contributed by atoms with van der Waals surface area (Å²) in [6.07, 6.45) is 5.00. The van der Waals surface area contributed by atoms with Crippen LogP contribution in [0.1, 0.15) is 28.5 Å². The van der Waals surface area contributed by atoms with Gasteiger partial charge in [-0.05, 0) is 37.1 Å². The second-order valence-electron chi connectivity index (χ2n) is 5.71. The summed E-state index contributed by atoms with van der Waals surface area (Å²) in [5, 5.41) is 2.80. The number of carbonyl (C=O) groups is 1. The number of carbonyl (C=O) groups excluding carboxylic acids is 1. The summed E-state index contributed by atoms with van der Waals surface area (Å²) in [5.41, 5.74) is 2.87. The first kappa shape index (κ1) is 15.5. The van der Waals surface area contributed by atoms with Crippen LogP contribution < -0.4 is 9.62 Å². The molecule has 1 atom stereocenters.